The second-order valence-corrected chi connectivity index (χ2v) is 4.71. The van der Waals surface area contributed by atoms with Crippen LogP contribution in [0, 0.1) is 0 Å². The zero-order valence-corrected chi connectivity index (χ0v) is 11.4. The van der Waals surface area contributed by atoms with E-state index < -0.39 is 0 Å². The van der Waals surface area contributed by atoms with E-state index in [9.17, 15) is 4.79 Å². The largest absolute Gasteiger partial charge is 0.324 e. The van der Waals surface area contributed by atoms with Crippen LogP contribution in [0.5, 0.6) is 0 Å². The molecule has 0 bridgehead atoms. The number of halogens is 2. The Labute approximate surface area is 111 Å². The Bertz CT molecular complexity index is 396. The maximum absolute atomic E-state index is 11.6. The molecule has 1 unspecified atom stereocenters. The van der Waals surface area contributed by atoms with Crippen molar-refractivity contribution in [3.8, 4) is 0 Å². The first-order valence-electron chi connectivity index (χ1n) is 5.51. The van der Waals surface area contributed by atoms with E-state index in [0.717, 1.165) is 6.42 Å². The van der Waals surface area contributed by atoms with Gasteiger partial charge in [-0.15, -0.1) is 0 Å². The first-order chi connectivity index (χ1) is 8.02. The fourth-order valence-electron chi connectivity index (χ4n) is 1.20. The molecule has 2 N–H and O–H groups in total. The normalized spacial score (nSPS) is 12.2. The number of carbonyl (C=O) groups excluding carboxylic acids is 1. The van der Waals surface area contributed by atoms with Gasteiger partial charge >= 0.3 is 0 Å². The zero-order chi connectivity index (χ0) is 12.8. The van der Waals surface area contributed by atoms with Crippen LogP contribution in [0.15, 0.2) is 18.2 Å². The molecule has 0 saturated heterocycles. The van der Waals surface area contributed by atoms with E-state index in [0.29, 0.717) is 21.8 Å². The van der Waals surface area contributed by atoms with Gasteiger partial charge in [0.2, 0.25) is 5.91 Å². The number of hydrogen-bond donors (Lipinski definition) is 2. The van der Waals surface area contributed by atoms with Crippen molar-refractivity contribution < 1.29 is 4.79 Å². The lowest BCUT2D eigenvalue weighted by molar-refractivity contribution is -0.115. The van der Waals surface area contributed by atoms with Crippen LogP contribution in [-0.2, 0) is 4.79 Å². The van der Waals surface area contributed by atoms with Gasteiger partial charge in [0, 0.05) is 11.1 Å². The van der Waals surface area contributed by atoms with Crippen LogP contribution in [-0.4, -0.2) is 18.5 Å². The van der Waals surface area contributed by atoms with E-state index in [1.54, 1.807) is 18.2 Å². The van der Waals surface area contributed by atoms with Crippen LogP contribution in [0.1, 0.15) is 20.3 Å². The van der Waals surface area contributed by atoms with E-state index in [4.69, 9.17) is 23.2 Å². The topological polar surface area (TPSA) is 41.1 Å². The van der Waals surface area contributed by atoms with Crippen LogP contribution in [0.2, 0.25) is 10.0 Å². The molecular weight excluding hydrogens is 259 g/mol. The Kier molecular flexibility index (Phi) is 5.75. The van der Waals surface area contributed by atoms with E-state index >= 15 is 0 Å². The fraction of sp³-hybridized carbons (Fsp3) is 0.417. The smallest absolute Gasteiger partial charge is 0.238 e. The van der Waals surface area contributed by atoms with Crippen molar-refractivity contribution in [2.45, 2.75) is 26.3 Å². The summed E-state index contributed by atoms with van der Waals surface area (Å²) < 4.78 is 0. The molecule has 1 rings (SSSR count). The molecule has 0 aliphatic heterocycles. The van der Waals surface area contributed by atoms with Gasteiger partial charge in [0.15, 0.2) is 0 Å². The van der Waals surface area contributed by atoms with E-state index in [2.05, 4.69) is 17.6 Å². The highest BCUT2D eigenvalue weighted by molar-refractivity contribution is 6.35. The highest BCUT2D eigenvalue weighted by Crippen LogP contribution is 2.25. The third-order valence-electron chi connectivity index (χ3n) is 2.43. The zero-order valence-electron chi connectivity index (χ0n) is 9.89. The average Bonchev–Trinajstić information content (AvgIpc) is 2.30. The molecule has 0 fully saturated rings. The number of benzene rings is 1. The molecule has 0 saturated carbocycles. The number of hydrogen-bond acceptors (Lipinski definition) is 2. The summed E-state index contributed by atoms with van der Waals surface area (Å²) >= 11 is 11.8. The second-order valence-electron chi connectivity index (χ2n) is 3.86. The lowest BCUT2D eigenvalue weighted by Crippen LogP contribution is -2.34. The van der Waals surface area contributed by atoms with Gasteiger partial charge in [0.05, 0.1) is 17.3 Å². The predicted octanol–water partition coefficient (Wildman–Crippen LogP) is 3.32. The molecule has 3 nitrogen and oxygen atoms in total. The third-order valence-corrected chi connectivity index (χ3v) is 2.99. The van der Waals surface area contributed by atoms with Crippen molar-refractivity contribution in [2.75, 3.05) is 11.9 Å². The maximum Gasteiger partial charge on any atom is 0.238 e. The van der Waals surface area contributed by atoms with Gasteiger partial charge in [-0.05, 0) is 31.5 Å². The van der Waals surface area contributed by atoms with Crippen molar-refractivity contribution >= 4 is 34.8 Å². The molecule has 0 spiro atoms. The minimum atomic E-state index is -0.130. The summed E-state index contributed by atoms with van der Waals surface area (Å²) in [5, 5.41) is 6.83. The van der Waals surface area contributed by atoms with Crippen LogP contribution in [0.25, 0.3) is 0 Å². The second kappa shape index (κ2) is 6.84. The van der Waals surface area contributed by atoms with Crippen LogP contribution in [0.3, 0.4) is 0 Å². The van der Waals surface area contributed by atoms with Crippen molar-refractivity contribution in [1.29, 1.82) is 0 Å². The molecule has 94 valence electrons. The van der Waals surface area contributed by atoms with Gasteiger partial charge in [-0.25, -0.2) is 0 Å². The lowest BCUT2D eigenvalue weighted by Gasteiger charge is -2.12. The number of nitrogens with one attached hydrogen (secondary N) is 2. The SMILES string of the molecule is CCC(C)NCC(=O)Nc1cc(Cl)ccc1Cl. The standard InChI is InChI=1S/C12H16Cl2N2O/c1-3-8(2)15-7-12(17)16-11-6-9(13)4-5-10(11)14/h4-6,8,15H,3,7H2,1-2H3,(H,16,17). The summed E-state index contributed by atoms with van der Waals surface area (Å²) in [7, 11) is 0. The summed E-state index contributed by atoms with van der Waals surface area (Å²) in [4.78, 5) is 11.6. The molecule has 0 radical (unpaired) electrons. The molecule has 1 atom stereocenters. The molecule has 0 aliphatic rings. The van der Waals surface area contributed by atoms with Gasteiger partial charge < -0.3 is 10.6 Å². The van der Waals surface area contributed by atoms with Gasteiger partial charge in [0.1, 0.15) is 0 Å². The molecule has 1 aromatic rings. The highest BCUT2D eigenvalue weighted by atomic mass is 35.5. The molecule has 0 aromatic heterocycles. The first-order valence-corrected chi connectivity index (χ1v) is 6.26. The highest BCUT2D eigenvalue weighted by Gasteiger charge is 2.07. The quantitative estimate of drug-likeness (QED) is 0.865. The number of amides is 1. The Balaban J connectivity index is 2.53. The predicted molar refractivity (Wildman–Crippen MR) is 72.8 cm³/mol. The number of rotatable bonds is 5. The fourth-order valence-corrected chi connectivity index (χ4v) is 1.54. The summed E-state index contributed by atoms with van der Waals surface area (Å²) in [5.74, 6) is -0.130. The third kappa shape index (κ3) is 4.94. The molecule has 1 aromatic carbocycles. The molecule has 0 aliphatic carbocycles. The van der Waals surface area contributed by atoms with Gasteiger partial charge in [-0.3, -0.25) is 4.79 Å². The van der Waals surface area contributed by atoms with E-state index in [1.807, 2.05) is 6.92 Å². The minimum absolute atomic E-state index is 0.130. The van der Waals surface area contributed by atoms with Crippen molar-refractivity contribution in [2.24, 2.45) is 0 Å². The van der Waals surface area contributed by atoms with Gasteiger partial charge in [-0.1, -0.05) is 30.1 Å². The van der Waals surface area contributed by atoms with E-state index in [-0.39, 0.29) is 12.5 Å². The summed E-state index contributed by atoms with van der Waals surface area (Å²) in [5.41, 5.74) is 0.537. The van der Waals surface area contributed by atoms with Gasteiger partial charge in [-0.2, -0.15) is 0 Å². The minimum Gasteiger partial charge on any atom is -0.324 e. The summed E-state index contributed by atoms with van der Waals surface area (Å²) in [6, 6.07) is 5.28. The summed E-state index contributed by atoms with van der Waals surface area (Å²) in [6.07, 6.45) is 0.977. The van der Waals surface area contributed by atoms with Crippen LogP contribution in [0.4, 0.5) is 5.69 Å². The van der Waals surface area contributed by atoms with Crippen molar-refractivity contribution in [1.82, 2.24) is 5.32 Å². The number of carbonyl (C=O) groups is 1. The molecule has 0 heterocycles. The molecule has 17 heavy (non-hydrogen) atoms. The average molecular weight is 275 g/mol. The number of anilines is 1. The van der Waals surface area contributed by atoms with E-state index in [1.165, 1.54) is 0 Å². The monoisotopic (exact) mass is 274 g/mol. The molecule has 1 amide bonds. The first kappa shape index (κ1) is 14.3. The van der Waals surface area contributed by atoms with Crippen LogP contribution < -0.4 is 10.6 Å². The van der Waals surface area contributed by atoms with Gasteiger partial charge in [0.25, 0.3) is 0 Å². The van der Waals surface area contributed by atoms with Crippen molar-refractivity contribution in [3.63, 3.8) is 0 Å². The molecule has 5 heteroatoms. The van der Waals surface area contributed by atoms with Crippen molar-refractivity contribution in [3.05, 3.63) is 28.2 Å². The Morgan fingerprint density at radius 2 is 2.12 bits per heavy atom. The maximum atomic E-state index is 11.6. The Morgan fingerprint density at radius 1 is 1.41 bits per heavy atom. The Morgan fingerprint density at radius 3 is 2.76 bits per heavy atom. The summed E-state index contributed by atoms with van der Waals surface area (Å²) in [6.45, 7) is 4.35. The Hall–Kier alpha value is -0.770. The lowest BCUT2D eigenvalue weighted by atomic mass is 10.2. The molecular formula is C12H16Cl2N2O. The van der Waals surface area contributed by atoms with Crippen LogP contribution >= 0.6 is 23.2 Å².